The molecule has 0 bridgehead atoms. The Kier molecular flexibility index (Phi) is 7.61. The molecule has 1 aliphatic heterocycles. The molecule has 0 aliphatic carbocycles. The molecule has 3 aromatic carbocycles. The first-order chi connectivity index (χ1) is 16.9. The minimum Gasteiger partial charge on any atom is -0.336 e. The Labute approximate surface area is 206 Å². The second-order valence-electron chi connectivity index (χ2n) is 8.66. The Morgan fingerprint density at radius 1 is 0.943 bits per heavy atom. The van der Waals surface area contributed by atoms with Crippen LogP contribution in [0.3, 0.4) is 0 Å². The summed E-state index contributed by atoms with van der Waals surface area (Å²) in [5.41, 5.74) is 3.78. The van der Waals surface area contributed by atoms with Crippen molar-refractivity contribution in [2.75, 3.05) is 26.2 Å². The number of carbonyl (C=O) groups is 1. The molecule has 1 heterocycles. The lowest BCUT2D eigenvalue weighted by atomic mass is 10.1. The minimum atomic E-state index is -3.76. The average molecular weight is 489 g/mol. The van der Waals surface area contributed by atoms with E-state index < -0.39 is 10.0 Å². The summed E-state index contributed by atoms with van der Waals surface area (Å²) in [5, 5.41) is 8.95. The van der Waals surface area contributed by atoms with Crippen molar-refractivity contribution < 1.29 is 13.2 Å². The molecule has 0 unspecified atom stereocenters. The van der Waals surface area contributed by atoms with Crippen molar-refractivity contribution in [3.8, 4) is 6.07 Å². The van der Waals surface area contributed by atoms with E-state index in [2.05, 4.69) is 15.7 Å². The van der Waals surface area contributed by atoms with Gasteiger partial charge in [0.15, 0.2) is 0 Å². The predicted molar refractivity (Wildman–Crippen MR) is 134 cm³/mol. The topological polar surface area (TPSA) is 93.5 Å². The van der Waals surface area contributed by atoms with Crippen LogP contribution in [0, 0.1) is 18.3 Å². The van der Waals surface area contributed by atoms with Crippen molar-refractivity contribution in [3.05, 3.63) is 101 Å². The molecule has 3 aromatic rings. The van der Waals surface area contributed by atoms with Crippen LogP contribution in [-0.2, 0) is 23.1 Å². The van der Waals surface area contributed by atoms with E-state index in [1.165, 1.54) is 12.1 Å². The first kappa shape index (κ1) is 24.6. The van der Waals surface area contributed by atoms with E-state index in [-0.39, 0.29) is 17.3 Å². The molecule has 1 N–H and O–H groups in total. The van der Waals surface area contributed by atoms with Crippen molar-refractivity contribution in [2.24, 2.45) is 0 Å². The smallest absolute Gasteiger partial charge is 0.254 e. The molecule has 0 aromatic heterocycles. The number of aryl methyl sites for hydroxylation is 1. The van der Waals surface area contributed by atoms with Gasteiger partial charge in [-0.2, -0.15) is 5.26 Å². The normalized spacial score (nSPS) is 14.5. The number of benzene rings is 3. The van der Waals surface area contributed by atoms with Gasteiger partial charge in [-0.05, 0) is 47.9 Å². The van der Waals surface area contributed by atoms with Gasteiger partial charge in [-0.1, -0.05) is 48.5 Å². The summed E-state index contributed by atoms with van der Waals surface area (Å²) < 4.78 is 28.3. The van der Waals surface area contributed by atoms with Crippen LogP contribution in [0.2, 0.25) is 0 Å². The number of nitrogens with one attached hydrogen (secondary N) is 1. The maximum Gasteiger partial charge on any atom is 0.254 e. The fourth-order valence-corrected chi connectivity index (χ4v) is 5.12. The molecule has 7 nitrogen and oxygen atoms in total. The van der Waals surface area contributed by atoms with Crippen LogP contribution in [0.5, 0.6) is 0 Å². The van der Waals surface area contributed by atoms with Gasteiger partial charge in [0.1, 0.15) is 0 Å². The number of carbonyl (C=O) groups excluding carboxylic acids is 1. The fraction of sp³-hybridized carbons (Fsp3) is 0.259. The van der Waals surface area contributed by atoms with E-state index >= 15 is 0 Å². The zero-order valence-corrected chi connectivity index (χ0v) is 20.5. The number of nitrogens with zero attached hydrogens (tertiary/aromatic N) is 3. The van der Waals surface area contributed by atoms with Crippen LogP contribution in [0.25, 0.3) is 0 Å². The second-order valence-corrected chi connectivity index (χ2v) is 10.4. The minimum absolute atomic E-state index is 0.0850. The summed E-state index contributed by atoms with van der Waals surface area (Å²) in [6.45, 7) is 5.34. The van der Waals surface area contributed by atoms with Crippen LogP contribution >= 0.6 is 0 Å². The highest BCUT2D eigenvalue weighted by atomic mass is 32.2. The molecule has 8 heteroatoms. The number of rotatable bonds is 7. The second kappa shape index (κ2) is 10.8. The van der Waals surface area contributed by atoms with E-state index in [1.807, 2.05) is 61.5 Å². The highest BCUT2D eigenvalue weighted by molar-refractivity contribution is 7.89. The molecule has 4 rings (SSSR count). The summed E-state index contributed by atoms with van der Waals surface area (Å²) in [5.74, 6) is -0.152. The van der Waals surface area contributed by atoms with Gasteiger partial charge in [0.2, 0.25) is 10.0 Å². The number of amides is 1. The van der Waals surface area contributed by atoms with Gasteiger partial charge in [-0.25, -0.2) is 13.1 Å². The molecule has 1 fully saturated rings. The Balaban J connectivity index is 1.39. The summed E-state index contributed by atoms with van der Waals surface area (Å²) >= 11 is 0. The molecule has 0 atom stereocenters. The molecule has 1 amide bonds. The molecular formula is C27H28N4O3S. The first-order valence-corrected chi connectivity index (χ1v) is 13.0. The van der Waals surface area contributed by atoms with Gasteiger partial charge in [-0.3, -0.25) is 9.69 Å². The lowest BCUT2D eigenvalue weighted by molar-refractivity contribution is 0.0627. The van der Waals surface area contributed by atoms with Crippen molar-refractivity contribution in [3.63, 3.8) is 0 Å². The summed E-state index contributed by atoms with van der Waals surface area (Å²) in [7, 11) is -3.76. The zero-order valence-electron chi connectivity index (χ0n) is 19.6. The maximum absolute atomic E-state index is 13.3. The van der Waals surface area contributed by atoms with Gasteiger partial charge in [-0.15, -0.1) is 0 Å². The van der Waals surface area contributed by atoms with Crippen molar-refractivity contribution in [1.82, 2.24) is 14.5 Å². The number of sulfonamides is 1. The number of hydrogen-bond donors (Lipinski definition) is 1. The standard InChI is InChI=1S/C27H28N4O3S/c1-21-7-12-25(35(33,34)29-19-23-5-3-2-4-6-23)17-26(21)27(32)31-15-13-30(14-16-31)20-24-10-8-22(18-28)9-11-24/h2-12,17,29H,13-16,19-20H2,1H3. The summed E-state index contributed by atoms with van der Waals surface area (Å²) in [6, 6.07) is 23.7. The van der Waals surface area contributed by atoms with Crippen molar-refractivity contribution in [2.45, 2.75) is 24.9 Å². The van der Waals surface area contributed by atoms with Gasteiger partial charge in [0.25, 0.3) is 5.91 Å². The lowest BCUT2D eigenvalue weighted by Gasteiger charge is -2.35. The van der Waals surface area contributed by atoms with Gasteiger partial charge >= 0.3 is 0 Å². The Bertz CT molecular complexity index is 1330. The van der Waals surface area contributed by atoms with Gasteiger partial charge in [0.05, 0.1) is 16.5 Å². The van der Waals surface area contributed by atoms with Crippen LogP contribution in [0.1, 0.15) is 32.6 Å². The van der Waals surface area contributed by atoms with Gasteiger partial charge < -0.3 is 4.90 Å². The molecule has 180 valence electrons. The Morgan fingerprint density at radius 3 is 2.29 bits per heavy atom. The third kappa shape index (κ3) is 6.14. The van der Waals surface area contributed by atoms with E-state index in [1.54, 1.807) is 11.0 Å². The van der Waals surface area contributed by atoms with Crippen molar-refractivity contribution in [1.29, 1.82) is 5.26 Å². The zero-order chi connectivity index (χ0) is 24.8. The number of nitriles is 1. The molecule has 1 saturated heterocycles. The third-order valence-corrected chi connectivity index (χ3v) is 7.61. The van der Waals surface area contributed by atoms with Gasteiger partial charge in [0, 0.05) is 44.8 Å². The summed E-state index contributed by atoms with van der Waals surface area (Å²) in [4.78, 5) is 17.4. The third-order valence-electron chi connectivity index (χ3n) is 6.21. The predicted octanol–water partition coefficient (Wildman–Crippen LogP) is 3.30. The number of piperazine rings is 1. The molecule has 0 radical (unpaired) electrons. The fourth-order valence-electron chi connectivity index (χ4n) is 4.08. The van der Waals surface area contributed by atoms with Crippen LogP contribution < -0.4 is 4.72 Å². The first-order valence-electron chi connectivity index (χ1n) is 11.5. The van der Waals surface area contributed by atoms with E-state index in [4.69, 9.17) is 5.26 Å². The largest absolute Gasteiger partial charge is 0.336 e. The van der Waals surface area contributed by atoms with E-state index in [0.29, 0.717) is 24.2 Å². The Hall–Kier alpha value is -3.51. The highest BCUT2D eigenvalue weighted by Gasteiger charge is 2.25. The summed E-state index contributed by atoms with van der Waals surface area (Å²) in [6.07, 6.45) is 0. The Morgan fingerprint density at radius 2 is 1.63 bits per heavy atom. The average Bonchev–Trinajstić information content (AvgIpc) is 2.89. The maximum atomic E-state index is 13.3. The number of hydrogen-bond acceptors (Lipinski definition) is 5. The monoisotopic (exact) mass is 488 g/mol. The SMILES string of the molecule is Cc1ccc(S(=O)(=O)NCc2ccccc2)cc1C(=O)N1CCN(Cc2ccc(C#N)cc2)CC1. The molecular weight excluding hydrogens is 460 g/mol. The van der Waals surface area contributed by atoms with E-state index in [9.17, 15) is 13.2 Å². The highest BCUT2D eigenvalue weighted by Crippen LogP contribution is 2.19. The molecule has 35 heavy (non-hydrogen) atoms. The molecule has 1 aliphatic rings. The molecule has 0 spiro atoms. The van der Waals surface area contributed by atoms with E-state index in [0.717, 1.165) is 36.3 Å². The lowest BCUT2D eigenvalue weighted by Crippen LogP contribution is -2.48. The van der Waals surface area contributed by atoms with Crippen molar-refractivity contribution >= 4 is 15.9 Å². The quantitative estimate of drug-likeness (QED) is 0.551. The molecule has 0 saturated carbocycles. The van der Waals surface area contributed by atoms with Crippen LogP contribution in [0.15, 0.2) is 77.7 Å². The van der Waals surface area contributed by atoms with Crippen LogP contribution in [-0.4, -0.2) is 50.3 Å². The van der Waals surface area contributed by atoms with Crippen LogP contribution in [0.4, 0.5) is 0 Å².